The molecule has 29 heavy (non-hydrogen) atoms. The Balaban J connectivity index is 1.56. The quantitative estimate of drug-likeness (QED) is 0.476. The monoisotopic (exact) mass is 408 g/mol. The van der Waals surface area contributed by atoms with Crippen LogP contribution in [0.1, 0.15) is 32.6 Å². The molecule has 3 aromatic carbocycles. The number of hydrogen-bond donors (Lipinski definition) is 0. The average molecular weight is 409 g/mol. The van der Waals surface area contributed by atoms with Gasteiger partial charge in [0.05, 0.1) is 10.6 Å². The summed E-state index contributed by atoms with van der Waals surface area (Å²) in [7, 11) is 0. The van der Waals surface area contributed by atoms with Crippen LogP contribution in [0, 0.1) is 19.7 Å². The van der Waals surface area contributed by atoms with E-state index in [4.69, 9.17) is 21.1 Å². The van der Waals surface area contributed by atoms with E-state index >= 15 is 0 Å². The van der Waals surface area contributed by atoms with Gasteiger partial charge in [-0.2, -0.15) is 0 Å². The molecule has 0 N–H and O–H groups in total. The Kier molecular flexibility index (Phi) is 5.12. The maximum atomic E-state index is 14.0. The molecule has 3 nitrogen and oxygen atoms in total. The molecule has 0 saturated heterocycles. The maximum Gasteiger partial charge on any atom is 0.231 e. The van der Waals surface area contributed by atoms with E-state index in [9.17, 15) is 9.18 Å². The van der Waals surface area contributed by atoms with Crippen LogP contribution in [0.3, 0.4) is 0 Å². The number of allylic oxidation sites excluding steroid dienone is 1. The molecule has 3 aromatic rings. The van der Waals surface area contributed by atoms with Gasteiger partial charge in [-0.1, -0.05) is 41.4 Å². The van der Waals surface area contributed by atoms with Crippen molar-refractivity contribution in [2.45, 2.75) is 20.5 Å². The van der Waals surface area contributed by atoms with E-state index in [1.807, 2.05) is 13.8 Å². The van der Waals surface area contributed by atoms with Gasteiger partial charge in [-0.25, -0.2) is 4.39 Å². The van der Waals surface area contributed by atoms with Gasteiger partial charge in [0, 0.05) is 11.6 Å². The van der Waals surface area contributed by atoms with E-state index in [0.29, 0.717) is 23.7 Å². The lowest BCUT2D eigenvalue weighted by atomic mass is 10.1. The summed E-state index contributed by atoms with van der Waals surface area (Å²) in [5.41, 5.74) is 3.94. The second-order valence-electron chi connectivity index (χ2n) is 6.95. The summed E-state index contributed by atoms with van der Waals surface area (Å²) in [4.78, 5) is 12.6. The molecule has 0 saturated carbocycles. The summed E-state index contributed by atoms with van der Waals surface area (Å²) in [6.45, 7) is 4.48. The predicted molar refractivity (Wildman–Crippen MR) is 111 cm³/mol. The summed E-state index contributed by atoms with van der Waals surface area (Å²) in [6, 6.07) is 15.6. The molecule has 1 heterocycles. The minimum atomic E-state index is -0.519. The fourth-order valence-corrected chi connectivity index (χ4v) is 3.37. The molecule has 1 aliphatic heterocycles. The summed E-state index contributed by atoms with van der Waals surface area (Å²) in [5.74, 6) is 0.156. The molecule has 0 amide bonds. The molecule has 0 aliphatic carbocycles. The number of carbonyl (C=O) groups is 1. The van der Waals surface area contributed by atoms with Gasteiger partial charge in [0.1, 0.15) is 23.9 Å². The first-order chi connectivity index (χ1) is 13.9. The van der Waals surface area contributed by atoms with Gasteiger partial charge in [-0.15, -0.1) is 0 Å². The number of hydrogen-bond acceptors (Lipinski definition) is 3. The molecule has 0 spiro atoms. The van der Waals surface area contributed by atoms with Crippen LogP contribution in [-0.2, 0) is 6.61 Å². The number of halogens is 2. The van der Waals surface area contributed by atoms with Crippen LogP contribution in [-0.4, -0.2) is 5.78 Å². The molecular weight excluding hydrogens is 391 g/mol. The van der Waals surface area contributed by atoms with Crippen molar-refractivity contribution in [3.63, 3.8) is 0 Å². The normalized spacial score (nSPS) is 14.1. The van der Waals surface area contributed by atoms with E-state index in [1.54, 1.807) is 24.3 Å². The SMILES string of the molecule is Cc1ccc(C)c(COc2ccc3c(c2)O/C(=C\c2c(F)cccc2Cl)C3=O)c1. The molecule has 5 heteroatoms. The standard InChI is InChI=1S/C24H18ClFO3/c1-14-6-7-15(2)16(10-14)13-28-17-8-9-18-22(11-17)29-23(24(18)27)12-19-20(25)4-3-5-21(19)26/h3-12H,13H2,1-2H3/b23-12-. The fraction of sp³-hybridized carbons (Fsp3) is 0.125. The summed E-state index contributed by atoms with van der Waals surface area (Å²) in [6.07, 6.45) is 1.33. The lowest BCUT2D eigenvalue weighted by Gasteiger charge is -2.10. The molecule has 0 fully saturated rings. The molecule has 4 rings (SSSR count). The zero-order chi connectivity index (χ0) is 20.5. The number of carbonyl (C=O) groups excluding carboxylic acids is 1. The third-order valence-corrected chi connectivity index (χ3v) is 5.15. The fourth-order valence-electron chi connectivity index (χ4n) is 3.15. The smallest absolute Gasteiger partial charge is 0.231 e. The van der Waals surface area contributed by atoms with Gasteiger partial charge in [-0.05, 0) is 55.3 Å². The minimum Gasteiger partial charge on any atom is -0.489 e. The van der Waals surface area contributed by atoms with E-state index in [-0.39, 0.29) is 22.1 Å². The summed E-state index contributed by atoms with van der Waals surface area (Å²) in [5, 5.41) is 0.211. The van der Waals surface area contributed by atoms with Crippen molar-refractivity contribution in [1.82, 2.24) is 0 Å². The lowest BCUT2D eigenvalue weighted by molar-refractivity contribution is 0.101. The van der Waals surface area contributed by atoms with E-state index in [0.717, 1.165) is 11.1 Å². The predicted octanol–water partition coefficient (Wildman–Crippen LogP) is 6.29. The Morgan fingerprint density at radius 2 is 1.93 bits per heavy atom. The first kappa shape index (κ1) is 19.2. The van der Waals surface area contributed by atoms with Crippen molar-refractivity contribution < 1.29 is 18.7 Å². The van der Waals surface area contributed by atoms with Crippen molar-refractivity contribution in [2.24, 2.45) is 0 Å². The van der Waals surface area contributed by atoms with Gasteiger partial charge in [0.15, 0.2) is 5.76 Å². The van der Waals surface area contributed by atoms with E-state index < -0.39 is 5.82 Å². The molecule has 0 atom stereocenters. The van der Waals surface area contributed by atoms with E-state index in [1.165, 1.54) is 23.8 Å². The molecule has 0 unspecified atom stereocenters. The Labute approximate surface area is 173 Å². The van der Waals surface area contributed by atoms with Crippen molar-refractivity contribution in [3.05, 3.63) is 99.0 Å². The first-order valence-corrected chi connectivity index (χ1v) is 9.51. The highest BCUT2D eigenvalue weighted by atomic mass is 35.5. The lowest BCUT2D eigenvalue weighted by Crippen LogP contribution is -1.99. The Hall–Kier alpha value is -3.11. The number of ketones is 1. The summed E-state index contributed by atoms with van der Waals surface area (Å²) >= 11 is 6.04. The van der Waals surface area contributed by atoms with Crippen LogP contribution in [0.5, 0.6) is 11.5 Å². The van der Waals surface area contributed by atoms with Crippen LogP contribution < -0.4 is 9.47 Å². The Morgan fingerprint density at radius 3 is 2.72 bits per heavy atom. The van der Waals surface area contributed by atoms with Gasteiger partial charge in [-0.3, -0.25) is 4.79 Å². The second kappa shape index (κ2) is 7.72. The van der Waals surface area contributed by atoms with Gasteiger partial charge in [0.25, 0.3) is 0 Å². The molecule has 0 bridgehead atoms. The zero-order valence-electron chi connectivity index (χ0n) is 16.0. The molecular formula is C24H18ClFO3. The van der Waals surface area contributed by atoms with Crippen LogP contribution in [0.25, 0.3) is 6.08 Å². The van der Waals surface area contributed by atoms with Crippen LogP contribution in [0.2, 0.25) is 5.02 Å². The Bertz CT molecular complexity index is 1130. The largest absolute Gasteiger partial charge is 0.489 e. The number of Topliss-reactive ketones (excluding diaryl/α,β-unsaturated/α-hetero) is 1. The first-order valence-electron chi connectivity index (χ1n) is 9.13. The maximum absolute atomic E-state index is 14.0. The van der Waals surface area contributed by atoms with Crippen LogP contribution in [0.4, 0.5) is 4.39 Å². The third kappa shape index (κ3) is 3.89. The highest BCUT2D eigenvalue weighted by molar-refractivity contribution is 6.32. The van der Waals surface area contributed by atoms with Crippen molar-refractivity contribution in [1.29, 1.82) is 0 Å². The van der Waals surface area contributed by atoms with E-state index in [2.05, 4.69) is 18.2 Å². The minimum absolute atomic E-state index is 0.0266. The van der Waals surface area contributed by atoms with Crippen LogP contribution in [0.15, 0.2) is 60.4 Å². The highest BCUT2D eigenvalue weighted by Gasteiger charge is 2.28. The average Bonchev–Trinajstić information content (AvgIpc) is 3.00. The van der Waals surface area contributed by atoms with Crippen molar-refractivity contribution >= 4 is 23.5 Å². The second-order valence-corrected chi connectivity index (χ2v) is 7.36. The number of rotatable bonds is 4. The topological polar surface area (TPSA) is 35.5 Å². The summed E-state index contributed by atoms with van der Waals surface area (Å²) < 4.78 is 25.6. The van der Waals surface area contributed by atoms with Gasteiger partial charge >= 0.3 is 0 Å². The van der Waals surface area contributed by atoms with Gasteiger partial charge < -0.3 is 9.47 Å². The van der Waals surface area contributed by atoms with Crippen molar-refractivity contribution in [3.8, 4) is 11.5 Å². The number of ether oxygens (including phenoxy) is 2. The molecule has 1 aliphatic rings. The number of aryl methyl sites for hydroxylation is 2. The molecule has 0 aromatic heterocycles. The van der Waals surface area contributed by atoms with Crippen molar-refractivity contribution in [2.75, 3.05) is 0 Å². The highest BCUT2D eigenvalue weighted by Crippen LogP contribution is 2.36. The Morgan fingerprint density at radius 1 is 1.10 bits per heavy atom. The number of fused-ring (bicyclic) bond motifs is 1. The third-order valence-electron chi connectivity index (χ3n) is 4.82. The molecule has 146 valence electrons. The van der Waals surface area contributed by atoms with Crippen LogP contribution >= 0.6 is 11.6 Å². The van der Waals surface area contributed by atoms with Gasteiger partial charge in [0.2, 0.25) is 5.78 Å². The number of benzene rings is 3. The zero-order valence-corrected chi connectivity index (χ0v) is 16.7. The molecule has 0 radical (unpaired) electrons.